The van der Waals surface area contributed by atoms with Crippen molar-refractivity contribution in [3.63, 3.8) is 0 Å². The van der Waals surface area contributed by atoms with E-state index in [1.54, 1.807) is 0 Å². The second-order valence-electron chi connectivity index (χ2n) is 6.53. The molecule has 1 N–H and O–H groups in total. The van der Waals surface area contributed by atoms with E-state index < -0.39 is 10.8 Å². The minimum absolute atomic E-state index is 0.310. The van der Waals surface area contributed by atoms with Crippen LogP contribution in [0.25, 0.3) is 0 Å². The molecule has 0 aromatic carbocycles. The second kappa shape index (κ2) is 5.40. The zero-order valence-electron chi connectivity index (χ0n) is 11.5. The van der Waals surface area contributed by atoms with Crippen molar-refractivity contribution in [2.45, 2.75) is 63.7 Å². The molecule has 0 aliphatic heterocycles. The van der Waals surface area contributed by atoms with E-state index in [-0.39, 0.29) is 0 Å². The van der Waals surface area contributed by atoms with Crippen molar-refractivity contribution in [3.8, 4) is 0 Å². The number of hydrogen-bond donors (Lipinski definition) is 1. The highest BCUT2D eigenvalue weighted by molar-refractivity contribution is 7.85. The first-order chi connectivity index (χ1) is 8.04. The standard InChI is InChI=1S/C14H27NOS/c1-14(2)9-8-12(13(14)15-3)17(16)10-11-6-4-5-7-11/h11-13,15H,4-10H2,1-3H3. The van der Waals surface area contributed by atoms with E-state index in [1.165, 1.54) is 32.1 Å². The van der Waals surface area contributed by atoms with Crippen LogP contribution in [0.5, 0.6) is 0 Å². The summed E-state index contributed by atoms with van der Waals surface area (Å²) in [5, 5.41) is 3.80. The topological polar surface area (TPSA) is 29.1 Å². The normalized spacial score (nSPS) is 35.2. The van der Waals surface area contributed by atoms with Gasteiger partial charge in [0.25, 0.3) is 0 Å². The second-order valence-corrected chi connectivity index (χ2v) is 8.23. The summed E-state index contributed by atoms with van der Waals surface area (Å²) < 4.78 is 12.5. The minimum atomic E-state index is -0.624. The summed E-state index contributed by atoms with van der Waals surface area (Å²) in [7, 11) is 1.40. The SMILES string of the molecule is CNC1C(S(=O)CC2CCCC2)CCC1(C)C. The Kier molecular flexibility index (Phi) is 4.30. The molecule has 0 aromatic heterocycles. The lowest BCUT2D eigenvalue weighted by Crippen LogP contribution is -2.45. The maximum absolute atomic E-state index is 12.5. The van der Waals surface area contributed by atoms with Crippen LogP contribution in [0.4, 0.5) is 0 Å². The van der Waals surface area contributed by atoms with E-state index >= 15 is 0 Å². The maximum atomic E-state index is 12.5. The van der Waals surface area contributed by atoms with Crippen molar-refractivity contribution in [2.75, 3.05) is 12.8 Å². The first kappa shape index (κ1) is 13.5. The van der Waals surface area contributed by atoms with Gasteiger partial charge < -0.3 is 5.32 Å². The van der Waals surface area contributed by atoms with Gasteiger partial charge >= 0.3 is 0 Å². The molecule has 2 rings (SSSR count). The van der Waals surface area contributed by atoms with E-state index in [0.29, 0.717) is 16.7 Å². The Morgan fingerprint density at radius 2 is 1.88 bits per heavy atom. The van der Waals surface area contributed by atoms with Gasteiger partial charge in [-0.25, -0.2) is 0 Å². The Hall–Kier alpha value is 0.110. The average Bonchev–Trinajstić information content (AvgIpc) is 2.85. The molecular weight excluding hydrogens is 230 g/mol. The molecule has 3 heteroatoms. The lowest BCUT2D eigenvalue weighted by Gasteiger charge is -2.30. The lowest BCUT2D eigenvalue weighted by molar-refractivity contribution is 0.299. The molecule has 3 unspecified atom stereocenters. The largest absolute Gasteiger partial charge is 0.315 e. The quantitative estimate of drug-likeness (QED) is 0.839. The van der Waals surface area contributed by atoms with Gasteiger partial charge in [-0.15, -0.1) is 0 Å². The van der Waals surface area contributed by atoms with Gasteiger partial charge in [-0.05, 0) is 44.1 Å². The Morgan fingerprint density at radius 3 is 2.47 bits per heavy atom. The molecule has 0 saturated heterocycles. The Bertz CT molecular complexity index is 284. The molecule has 2 aliphatic carbocycles. The first-order valence-corrected chi connectivity index (χ1v) is 8.47. The van der Waals surface area contributed by atoms with E-state index in [2.05, 4.69) is 19.2 Å². The molecule has 3 atom stereocenters. The molecule has 2 nitrogen and oxygen atoms in total. The summed E-state index contributed by atoms with van der Waals surface area (Å²) >= 11 is 0. The fourth-order valence-electron chi connectivity index (χ4n) is 3.73. The van der Waals surface area contributed by atoms with Crippen LogP contribution in [0.1, 0.15) is 52.4 Å². The van der Waals surface area contributed by atoms with Crippen LogP contribution in [-0.4, -0.2) is 28.3 Å². The molecular formula is C14H27NOS. The molecule has 2 fully saturated rings. The smallest absolute Gasteiger partial charge is 0.0506 e. The third kappa shape index (κ3) is 2.93. The molecule has 0 radical (unpaired) electrons. The van der Waals surface area contributed by atoms with E-state index in [0.717, 1.165) is 18.1 Å². The highest BCUT2D eigenvalue weighted by atomic mass is 32.2. The molecule has 2 saturated carbocycles. The fourth-order valence-corrected chi connectivity index (χ4v) is 5.97. The fraction of sp³-hybridized carbons (Fsp3) is 1.00. The van der Waals surface area contributed by atoms with Crippen molar-refractivity contribution < 1.29 is 4.21 Å². The summed E-state index contributed by atoms with van der Waals surface area (Å²) in [4.78, 5) is 0. The summed E-state index contributed by atoms with van der Waals surface area (Å²) in [6, 6.07) is 0.435. The predicted octanol–water partition coefficient (Wildman–Crippen LogP) is 2.70. The zero-order chi connectivity index (χ0) is 12.5. The van der Waals surface area contributed by atoms with Crippen LogP contribution in [0, 0.1) is 11.3 Å². The highest BCUT2D eigenvalue weighted by Crippen LogP contribution is 2.40. The van der Waals surface area contributed by atoms with Crippen molar-refractivity contribution >= 4 is 10.8 Å². The summed E-state index contributed by atoms with van der Waals surface area (Å²) in [5.74, 6) is 1.70. The number of hydrogen-bond acceptors (Lipinski definition) is 2. The van der Waals surface area contributed by atoms with E-state index in [1.807, 2.05) is 7.05 Å². The van der Waals surface area contributed by atoms with Crippen LogP contribution < -0.4 is 5.32 Å². The molecule has 0 bridgehead atoms. The molecule has 17 heavy (non-hydrogen) atoms. The van der Waals surface area contributed by atoms with Crippen LogP contribution in [0.15, 0.2) is 0 Å². The predicted molar refractivity (Wildman–Crippen MR) is 74.6 cm³/mol. The molecule has 0 amide bonds. The van der Waals surface area contributed by atoms with Gasteiger partial charge in [0.2, 0.25) is 0 Å². The van der Waals surface area contributed by atoms with E-state index in [4.69, 9.17) is 0 Å². The Morgan fingerprint density at radius 1 is 1.24 bits per heavy atom. The Balaban J connectivity index is 1.94. The molecule has 0 spiro atoms. The molecule has 0 aromatic rings. The maximum Gasteiger partial charge on any atom is 0.0506 e. The van der Waals surface area contributed by atoms with Crippen LogP contribution in [0.3, 0.4) is 0 Å². The van der Waals surface area contributed by atoms with Crippen LogP contribution in [0.2, 0.25) is 0 Å². The summed E-state index contributed by atoms with van der Waals surface area (Å²) in [6.07, 6.45) is 7.68. The van der Waals surface area contributed by atoms with Crippen molar-refractivity contribution in [2.24, 2.45) is 11.3 Å². The summed E-state index contributed by atoms with van der Waals surface area (Å²) in [5.41, 5.74) is 0.310. The third-order valence-corrected chi connectivity index (χ3v) is 6.79. The van der Waals surface area contributed by atoms with E-state index in [9.17, 15) is 4.21 Å². The highest BCUT2D eigenvalue weighted by Gasteiger charge is 2.43. The van der Waals surface area contributed by atoms with Gasteiger partial charge in [0.15, 0.2) is 0 Å². The third-order valence-electron chi connectivity index (χ3n) is 4.81. The monoisotopic (exact) mass is 257 g/mol. The van der Waals surface area contributed by atoms with Crippen molar-refractivity contribution in [1.82, 2.24) is 5.32 Å². The van der Waals surface area contributed by atoms with Crippen molar-refractivity contribution in [1.29, 1.82) is 0 Å². The van der Waals surface area contributed by atoms with Gasteiger partial charge in [-0.1, -0.05) is 26.7 Å². The van der Waals surface area contributed by atoms with Crippen molar-refractivity contribution in [3.05, 3.63) is 0 Å². The van der Waals surface area contributed by atoms with Gasteiger partial charge in [0.05, 0.1) is 5.25 Å². The van der Waals surface area contributed by atoms with Gasteiger partial charge in [-0.2, -0.15) is 0 Å². The molecule has 2 aliphatic rings. The zero-order valence-corrected chi connectivity index (χ0v) is 12.3. The molecule has 100 valence electrons. The first-order valence-electron chi connectivity index (χ1n) is 7.09. The number of rotatable bonds is 4. The van der Waals surface area contributed by atoms with Gasteiger partial charge in [-0.3, -0.25) is 4.21 Å². The molecule has 0 heterocycles. The minimum Gasteiger partial charge on any atom is -0.315 e. The summed E-state index contributed by atoms with van der Waals surface area (Å²) in [6.45, 7) is 4.61. The van der Waals surface area contributed by atoms with Crippen LogP contribution in [-0.2, 0) is 10.8 Å². The lowest BCUT2D eigenvalue weighted by atomic mass is 9.87. The Labute approximate surface area is 108 Å². The number of nitrogens with one attached hydrogen (secondary N) is 1. The van der Waals surface area contributed by atoms with Gasteiger partial charge in [0, 0.05) is 22.6 Å². The van der Waals surface area contributed by atoms with Gasteiger partial charge in [0.1, 0.15) is 0 Å². The average molecular weight is 257 g/mol. The van der Waals surface area contributed by atoms with Crippen LogP contribution >= 0.6 is 0 Å².